The Morgan fingerprint density at radius 2 is 2.22 bits per heavy atom. The minimum absolute atomic E-state index is 0.130. The highest BCUT2D eigenvalue weighted by Gasteiger charge is 2.16. The summed E-state index contributed by atoms with van der Waals surface area (Å²) in [7, 11) is 0. The third-order valence-corrected chi connectivity index (χ3v) is 3.43. The molecular formula is C12H13N3O2S. The van der Waals surface area contributed by atoms with E-state index < -0.39 is 0 Å². The summed E-state index contributed by atoms with van der Waals surface area (Å²) in [6.07, 6.45) is 1.80. The molecule has 0 fully saturated rings. The molecule has 1 aromatic heterocycles. The van der Waals surface area contributed by atoms with E-state index in [0.29, 0.717) is 17.8 Å². The highest BCUT2D eigenvalue weighted by Crippen LogP contribution is 2.28. The molecule has 5 nitrogen and oxygen atoms in total. The van der Waals surface area contributed by atoms with Crippen LogP contribution in [0.3, 0.4) is 0 Å². The number of aromatic nitrogens is 1. The Morgan fingerprint density at radius 3 is 2.83 bits per heavy atom. The molecule has 6 heteroatoms. The zero-order chi connectivity index (χ0) is 13.1. The van der Waals surface area contributed by atoms with Gasteiger partial charge in [0.05, 0.1) is 11.5 Å². The lowest BCUT2D eigenvalue weighted by Crippen LogP contribution is -2.03. The fourth-order valence-corrected chi connectivity index (χ4v) is 2.42. The van der Waals surface area contributed by atoms with Crippen molar-refractivity contribution in [2.75, 3.05) is 5.32 Å². The monoisotopic (exact) mass is 263 g/mol. The Balaban J connectivity index is 2.19. The van der Waals surface area contributed by atoms with Crippen molar-refractivity contribution in [1.82, 2.24) is 4.98 Å². The molecule has 0 saturated carbocycles. The van der Waals surface area contributed by atoms with Crippen LogP contribution < -0.4 is 5.32 Å². The summed E-state index contributed by atoms with van der Waals surface area (Å²) < 4.78 is 0. The summed E-state index contributed by atoms with van der Waals surface area (Å²) in [6, 6.07) is 5.25. The first-order chi connectivity index (χ1) is 8.58. The molecule has 1 N–H and O–H groups in total. The third kappa shape index (κ3) is 2.65. The number of aryl methyl sites for hydroxylation is 2. The van der Waals surface area contributed by atoms with Crippen LogP contribution in [-0.2, 0) is 6.54 Å². The maximum absolute atomic E-state index is 11.0. The third-order valence-electron chi connectivity index (χ3n) is 2.52. The minimum Gasteiger partial charge on any atom is -0.373 e. The summed E-state index contributed by atoms with van der Waals surface area (Å²) in [4.78, 5) is 16.0. The zero-order valence-corrected chi connectivity index (χ0v) is 11.0. The molecule has 0 spiro atoms. The van der Waals surface area contributed by atoms with Crippen molar-refractivity contribution in [3.05, 3.63) is 50.0 Å². The van der Waals surface area contributed by atoms with Gasteiger partial charge in [-0.05, 0) is 19.9 Å². The first-order valence-corrected chi connectivity index (χ1v) is 6.29. The lowest BCUT2D eigenvalue weighted by molar-refractivity contribution is -0.384. The van der Waals surface area contributed by atoms with Crippen molar-refractivity contribution < 1.29 is 4.92 Å². The smallest absolute Gasteiger partial charge is 0.295 e. The predicted molar refractivity (Wildman–Crippen MR) is 72.0 cm³/mol. The van der Waals surface area contributed by atoms with Gasteiger partial charge in [-0.15, -0.1) is 11.3 Å². The summed E-state index contributed by atoms with van der Waals surface area (Å²) in [5, 5.41) is 15.0. The second-order valence-electron chi connectivity index (χ2n) is 3.95. The minimum atomic E-state index is -0.356. The molecule has 1 heterocycles. The molecule has 0 aliphatic rings. The molecule has 0 saturated heterocycles. The molecule has 0 amide bonds. The van der Waals surface area contributed by atoms with Gasteiger partial charge in [0.15, 0.2) is 0 Å². The van der Waals surface area contributed by atoms with Crippen LogP contribution in [0.2, 0.25) is 0 Å². The molecular weight excluding hydrogens is 250 g/mol. The van der Waals surface area contributed by atoms with Gasteiger partial charge in [-0.2, -0.15) is 0 Å². The summed E-state index contributed by atoms with van der Waals surface area (Å²) >= 11 is 1.58. The van der Waals surface area contributed by atoms with E-state index in [4.69, 9.17) is 0 Å². The molecule has 0 radical (unpaired) electrons. The zero-order valence-electron chi connectivity index (χ0n) is 10.1. The van der Waals surface area contributed by atoms with Gasteiger partial charge in [-0.3, -0.25) is 10.1 Å². The fraction of sp³-hybridized carbons (Fsp3) is 0.250. The standard InChI is InChI=1S/C12H13N3O2S/c1-8-4-3-5-10(12(8)15(16)17)13-7-11-14-6-9(2)18-11/h3-6,13H,7H2,1-2H3. The van der Waals surface area contributed by atoms with E-state index in [9.17, 15) is 10.1 Å². The van der Waals surface area contributed by atoms with Crippen LogP contribution in [0.15, 0.2) is 24.4 Å². The van der Waals surface area contributed by atoms with Crippen molar-refractivity contribution in [1.29, 1.82) is 0 Å². The molecule has 2 rings (SSSR count). The first kappa shape index (κ1) is 12.5. The predicted octanol–water partition coefficient (Wildman–Crippen LogP) is 3.28. The van der Waals surface area contributed by atoms with Crippen LogP contribution >= 0.6 is 11.3 Å². The molecule has 0 atom stereocenters. The van der Waals surface area contributed by atoms with E-state index in [1.807, 2.05) is 6.92 Å². The van der Waals surface area contributed by atoms with Crippen molar-refractivity contribution in [3.8, 4) is 0 Å². The summed E-state index contributed by atoms with van der Waals surface area (Å²) in [5.41, 5.74) is 1.32. The number of anilines is 1. The van der Waals surface area contributed by atoms with Crippen molar-refractivity contribution in [3.63, 3.8) is 0 Å². The van der Waals surface area contributed by atoms with E-state index >= 15 is 0 Å². The summed E-state index contributed by atoms with van der Waals surface area (Å²) in [6.45, 7) is 4.22. The van der Waals surface area contributed by atoms with Crippen LogP contribution in [-0.4, -0.2) is 9.91 Å². The normalized spacial score (nSPS) is 10.3. The van der Waals surface area contributed by atoms with E-state index in [2.05, 4.69) is 10.3 Å². The molecule has 0 bridgehead atoms. The highest BCUT2D eigenvalue weighted by atomic mass is 32.1. The van der Waals surface area contributed by atoms with Crippen LogP contribution in [0.4, 0.5) is 11.4 Å². The molecule has 2 aromatic rings. The SMILES string of the molecule is Cc1cnc(CNc2cccc(C)c2[N+](=O)[O-])s1. The molecule has 0 aliphatic carbocycles. The number of nitrogens with one attached hydrogen (secondary N) is 1. The first-order valence-electron chi connectivity index (χ1n) is 5.47. The van der Waals surface area contributed by atoms with Gasteiger partial charge in [0.2, 0.25) is 0 Å². The Labute approximate surface area is 109 Å². The number of benzene rings is 1. The van der Waals surface area contributed by atoms with E-state index in [-0.39, 0.29) is 10.6 Å². The van der Waals surface area contributed by atoms with Crippen molar-refractivity contribution >= 4 is 22.7 Å². The van der Waals surface area contributed by atoms with Crippen LogP contribution in [0.1, 0.15) is 15.4 Å². The Kier molecular flexibility index (Phi) is 3.57. The lowest BCUT2D eigenvalue weighted by Gasteiger charge is -2.06. The molecule has 0 aliphatic heterocycles. The van der Waals surface area contributed by atoms with Gasteiger partial charge < -0.3 is 5.32 Å². The van der Waals surface area contributed by atoms with Gasteiger partial charge in [0.1, 0.15) is 10.7 Å². The van der Waals surface area contributed by atoms with Gasteiger partial charge in [0, 0.05) is 16.6 Å². The molecule has 18 heavy (non-hydrogen) atoms. The number of hydrogen-bond acceptors (Lipinski definition) is 5. The van der Waals surface area contributed by atoms with Gasteiger partial charge in [-0.25, -0.2) is 4.98 Å². The number of rotatable bonds is 4. The van der Waals surface area contributed by atoms with Crippen molar-refractivity contribution in [2.24, 2.45) is 0 Å². The lowest BCUT2D eigenvalue weighted by atomic mass is 10.1. The van der Waals surface area contributed by atoms with Gasteiger partial charge in [-0.1, -0.05) is 12.1 Å². The number of para-hydroxylation sites is 1. The number of nitro groups is 1. The quantitative estimate of drug-likeness (QED) is 0.679. The second kappa shape index (κ2) is 5.14. The van der Waals surface area contributed by atoms with Crippen LogP contribution in [0.25, 0.3) is 0 Å². The molecule has 94 valence electrons. The maximum atomic E-state index is 11.0. The van der Waals surface area contributed by atoms with E-state index in [0.717, 1.165) is 9.88 Å². The average Bonchev–Trinajstić information content (AvgIpc) is 2.72. The van der Waals surface area contributed by atoms with Crippen LogP contribution in [0.5, 0.6) is 0 Å². The van der Waals surface area contributed by atoms with Gasteiger partial charge >= 0.3 is 0 Å². The number of thiazole rings is 1. The fourth-order valence-electron chi connectivity index (χ4n) is 1.70. The van der Waals surface area contributed by atoms with Crippen LogP contribution in [0, 0.1) is 24.0 Å². The van der Waals surface area contributed by atoms with E-state index in [1.165, 1.54) is 0 Å². The highest BCUT2D eigenvalue weighted by molar-refractivity contribution is 7.11. The Morgan fingerprint density at radius 1 is 1.44 bits per heavy atom. The summed E-state index contributed by atoms with van der Waals surface area (Å²) in [5.74, 6) is 0. The Hall–Kier alpha value is -1.95. The van der Waals surface area contributed by atoms with E-state index in [1.54, 1.807) is 42.7 Å². The average molecular weight is 263 g/mol. The largest absolute Gasteiger partial charge is 0.373 e. The topological polar surface area (TPSA) is 68.1 Å². The molecule has 1 aromatic carbocycles. The van der Waals surface area contributed by atoms with Gasteiger partial charge in [0.25, 0.3) is 5.69 Å². The number of nitro benzene ring substituents is 1. The maximum Gasteiger partial charge on any atom is 0.295 e. The van der Waals surface area contributed by atoms with Crippen molar-refractivity contribution in [2.45, 2.75) is 20.4 Å². The number of nitrogens with zero attached hydrogens (tertiary/aromatic N) is 2. The second-order valence-corrected chi connectivity index (χ2v) is 5.27. The number of hydrogen-bond donors (Lipinski definition) is 1. The Bertz CT molecular complexity index is 580. The molecule has 0 unspecified atom stereocenters.